The summed E-state index contributed by atoms with van der Waals surface area (Å²) in [6.07, 6.45) is 0. The fraction of sp³-hybridized carbons (Fsp3) is 0. The molecule has 11 heteroatoms. The van der Waals surface area contributed by atoms with Crippen LogP contribution in [0.5, 0.6) is 11.5 Å². The van der Waals surface area contributed by atoms with Crippen molar-refractivity contribution in [3.8, 4) is 11.5 Å². The van der Waals surface area contributed by atoms with E-state index in [0.29, 0.717) is 9.79 Å². The van der Waals surface area contributed by atoms with Crippen molar-refractivity contribution in [2.45, 2.75) is 9.79 Å². The van der Waals surface area contributed by atoms with Crippen molar-refractivity contribution in [1.82, 2.24) is 0 Å². The van der Waals surface area contributed by atoms with Gasteiger partial charge < -0.3 is 35.5 Å². The molecule has 0 radical (unpaired) electrons. The molecule has 7 nitrogen and oxygen atoms in total. The molecule has 0 atom stereocenters. The number of phenols is 2. The van der Waals surface area contributed by atoms with Gasteiger partial charge in [0.25, 0.3) is 0 Å². The zero-order chi connectivity index (χ0) is 17.8. The van der Waals surface area contributed by atoms with Gasteiger partial charge in [-0.1, -0.05) is 36.4 Å². The Kier molecular flexibility index (Phi) is 12.4. The first kappa shape index (κ1) is 22.3. The number of phenolic OH excluding ortho intramolecular Hbond substituents is 2. The van der Waals surface area contributed by atoms with Crippen LogP contribution in [0.2, 0.25) is 0 Å². The summed E-state index contributed by atoms with van der Waals surface area (Å²) in [6.45, 7) is 0. The second-order valence-electron chi connectivity index (χ2n) is 3.41. The molecule has 2 aromatic carbocycles. The Morgan fingerprint density at radius 1 is 0.783 bits per heavy atom. The van der Waals surface area contributed by atoms with Gasteiger partial charge >= 0.3 is 52.4 Å². The monoisotopic (exact) mass is 526 g/mol. The molecule has 0 aliphatic heterocycles. The maximum absolute atomic E-state index is 9.37. The summed E-state index contributed by atoms with van der Waals surface area (Å²) >= 11 is 1.36. The summed E-state index contributed by atoms with van der Waals surface area (Å²) in [7, 11) is 0. The van der Waals surface area contributed by atoms with E-state index in [9.17, 15) is 14.3 Å². The summed E-state index contributed by atoms with van der Waals surface area (Å²) in [4.78, 5) is 1.01. The summed E-state index contributed by atoms with van der Waals surface area (Å²) < 4.78 is 40.9. The zero-order valence-corrected chi connectivity index (χ0v) is 16.8. The van der Waals surface area contributed by atoms with Crippen molar-refractivity contribution in [3.05, 3.63) is 48.5 Å². The predicted molar refractivity (Wildman–Crippen MR) is 69.9 cm³/mol. The Morgan fingerprint density at radius 3 is 1.22 bits per heavy atom. The van der Waals surface area contributed by atoms with Gasteiger partial charge in [0.1, 0.15) is 0 Å². The molecule has 0 unspecified atom stereocenters. The van der Waals surface area contributed by atoms with E-state index in [1.165, 1.54) is 0 Å². The van der Waals surface area contributed by atoms with Crippen LogP contribution < -0.4 is 7.52 Å². The van der Waals surface area contributed by atoms with E-state index in [1.807, 2.05) is 0 Å². The molecule has 0 aliphatic rings. The molecule has 0 heterocycles. The van der Waals surface area contributed by atoms with Gasteiger partial charge in [0.2, 0.25) is 0 Å². The van der Waals surface area contributed by atoms with Crippen molar-refractivity contribution in [3.63, 3.8) is 0 Å². The van der Waals surface area contributed by atoms with Gasteiger partial charge in [0.05, 0.1) is 11.5 Å². The minimum absolute atomic E-state index is 0.183. The number of hydrogen-bond acceptors (Lipinski definition) is 9. The van der Waals surface area contributed by atoms with E-state index in [1.54, 1.807) is 48.5 Å². The van der Waals surface area contributed by atoms with Gasteiger partial charge in [-0.15, -0.1) is 9.79 Å². The molecule has 2 N–H and O–H groups in total. The topological polar surface area (TPSA) is 130 Å². The van der Waals surface area contributed by atoms with E-state index in [-0.39, 0.29) is 11.5 Å². The van der Waals surface area contributed by atoms with E-state index in [4.69, 9.17) is 35.5 Å². The van der Waals surface area contributed by atoms with Crippen LogP contribution in [0.25, 0.3) is 0 Å². The summed E-state index contributed by atoms with van der Waals surface area (Å²) in [6, 6.07) is 13.6. The zero-order valence-electron chi connectivity index (χ0n) is 11.2. The summed E-state index contributed by atoms with van der Waals surface area (Å²) in [5.41, 5.74) is 0. The molecule has 2 aromatic rings. The molecule has 0 bridgehead atoms. The third-order valence-electron chi connectivity index (χ3n) is 1.84. The molecule has 128 valence electrons. The number of para-hydroxylation sites is 2. The molecule has 0 amide bonds. The average Bonchev–Trinajstić information content (AvgIpc) is 2.45. The standard InChI is InChI=1S/2C6H6OS.2Mo.5O/c2*7-5-3-1-2-4-6(5)8;;;;;;;/h2*1-4,7-8H;;;;;;;/q;;;;;;;2*-1/p-2. The van der Waals surface area contributed by atoms with Gasteiger partial charge in [-0.2, -0.15) is 0 Å². The number of hydrogen-bond donors (Lipinski definition) is 2. The van der Waals surface area contributed by atoms with Crippen LogP contribution in [0.1, 0.15) is 0 Å². The molecule has 0 aliphatic carbocycles. The Balaban J connectivity index is 0.000000317. The van der Waals surface area contributed by atoms with E-state index in [2.05, 4.69) is 2.04 Å². The Morgan fingerprint density at radius 2 is 1.09 bits per heavy atom. The van der Waals surface area contributed by atoms with Gasteiger partial charge in [-0.3, -0.25) is 0 Å². The molecular weight excluding hydrogens is 512 g/mol. The van der Waals surface area contributed by atoms with Gasteiger partial charge in [-0.05, 0) is 12.1 Å². The summed E-state index contributed by atoms with van der Waals surface area (Å²) in [5.74, 6) is 0.366. The van der Waals surface area contributed by atoms with Crippen molar-refractivity contribution in [2.75, 3.05) is 0 Å². The third-order valence-corrected chi connectivity index (χ3v) is 6.31. The first-order chi connectivity index (χ1) is 10.7. The van der Waals surface area contributed by atoms with Crippen molar-refractivity contribution in [1.29, 1.82) is 0 Å². The van der Waals surface area contributed by atoms with Crippen molar-refractivity contribution in [2.24, 2.45) is 0 Å². The molecule has 0 aromatic heterocycles. The van der Waals surface area contributed by atoms with Crippen molar-refractivity contribution < 1.29 is 62.6 Å². The average molecular weight is 522 g/mol. The van der Waals surface area contributed by atoms with Crippen LogP contribution in [0, 0.1) is 0 Å². The molecule has 0 saturated heterocycles. The van der Waals surface area contributed by atoms with Gasteiger partial charge in [0, 0.05) is 0 Å². The summed E-state index contributed by atoms with van der Waals surface area (Å²) in [5, 5.41) is 17.6. The second kappa shape index (κ2) is 12.7. The van der Waals surface area contributed by atoms with Crippen LogP contribution in [0.4, 0.5) is 0 Å². The van der Waals surface area contributed by atoms with E-state index >= 15 is 0 Å². The second-order valence-corrected chi connectivity index (χ2v) is 8.61. The Bertz CT molecular complexity index is 557. The predicted octanol–water partition coefficient (Wildman–Crippen LogP) is -0.0930. The maximum atomic E-state index is 9.37. The van der Waals surface area contributed by atoms with Crippen LogP contribution >= 0.6 is 0 Å². The molecule has 2 rings (SSSR count). The molecular formula is C12H10Mo2O7S2-4. The van der Waals surface area contributed by atoms with Gasteiger partial charge in [0.15, 0.2) is 0 Å². The van der Waals surface area contributed by atoms with Crippen LogP contribution in [-0.4, -0.2) is 10.2 Å². The number of rotatable bonds is 2. The fourth-order valence-electron chi connectivity index (χ4n) is 0.960. The SMILES string of the molecule is Oc1ccccc1[S-].Oc1ccccc1[S-].[O]=[Mo]([O-])[O][Mo](=[O])[O-]. The Labute approximate surface area is 156 Å². The minimum atomic E-state index is -4.03. The Hall–Kier alpha value is -0.663. The van der Waals surface area contributed by atoms with Crippen LogP contribution in [0.3, 0.4) is 0 Å². The first-order valence-corrected chi connectivity index (χ1v) is 11.2. The molecule has 0 fully saturated rings. The van der Waals surface area contributed by atoms with Crippen LogP contribution in [-0.2, 0) is 70.2 Å². The van der Waals surface area contributed by atoms with E-state index in [0.717, 1.165) is 0 Å². The quantitative estimate of drug-likeness (QED) is 0.411. The molecule has 0 spiro atoms. The normalized spacial score (nSPS) is 9.57. The third kappa shape index (κ3) is 12.4. The number of benzene rings is 2. The van der Waals surface area contributed by atoms with Gasteiger partial charge in [-0.25, -0.2) is 0 Å². The van der Waals surface area contributed by atoms with Crippen molar-refractivity contribution >= 4 is 25.3 Å². The van der Waals surface area contributed by atoms with E-state index < -0.39 is 36.1 Å². The van der Waals surface area contributed by atoms with Crippen LogP contribution in [0.15, 0.2) is 58.3 Å². The molecule has 23 heavy (non-hydrogen) atoms. The molecule has 0 saturated carbocycles. The number of aromatic hydroxyl groups is 2. The first-order valence-electron chi connectivity index (χ1n) is 5.51. The fourth-order valence-corrected chi connectivity index (χ4v) is 2.80.